The summed E-state index contributed by atoms with van der Waals surface area (Å²) in [6.45, 7) is 4.24. The molecule has 6 aromatic carbocycles. The Bertz CT molecular complexity index is 2370. The molecule has 2 heterocycles. The molecule has 0 amide bonds. The lowest BCUT2D eigenvalue weighted by Gasteiger charge is -2.16. The molecule has 0 unspecified atom stereocenters. The highest BCUT2D eigenvalue weighted by Crippen LogP contribution is 2.36. The first-order valence-corrected chi connectivity index (χ1v) is 16.7. The third-order valence-electron chi connectivity index (χ3n) is 8.85. The van der Waals surface area contributed by atoms with E-state index in [1.54, 1.807) is 0 Å². The summed E-state index contributed by atoms with van der Waals surface area (Å²) in [6, 6.07) is 55.6. The largest absolute Gasteiger partial charge is 0.228 e. The van der Waals surface area contributed by atoms with Crippen molar-refractivity contribution in [1.82, 2.24) is 24.9 Å². The predicted molar refractivity (Wildman–Crippen MR) is 203 cm³/mol. The highest BCUT2D eigenvalue weighted by molar-refractivity contribution is 5.82. The molecule has 50 heavy (non-hydrogen) atoms. The summed E-state index contributed by atoms with van der Waals surface area (Å²) < 4.78 is 0. The zero-order chi connectivity index (χ0) is 33.9. The number of rotatable bonds is 7. The minimum absolute atomic E-state index is 0.575. The van der Waals surface area contributed by atoms with E-state index in [0.29, 0.717) is 23.3 Å². The summed E-state index contributed by atoms with van der Waals surface area (Å²) in [5.41, 5.74) is 11.8. The maximum atomic E-state index is 5.30. The summed E-state index contributed by atoms with van der Waals surface area (Å²) >= 11 is 0. The minimum atomic E-state index is 0.575. The predicted octanol–water partition coefficient (Wildman–Crippen LogP) is 10.9. The fourth-order valence-corrected chi connectivity index (χ4v) is 6.24. The van der Waals surface area contributed by atoms with Crippen molar-refractivity contribution in [2.45, 2.75) is 13.8 Å². The molecule has 8 rings (SSSR count). The van der Waals surface area contributed by atoms with E-state index in [2.05, 4.69) is 92.7 Å². The van der Waals surface area contributed by atoms with Gasteiger partial charge in [0, 0.05) is 38.9 Å². The zero-order valence-corrected chi connectivity index (χ0v) is 27.8. The second kappa shape index (κ2) is 13.5. The Morgan fingerprint density at radius 3 is 1.20 bits per heavy atom. The van der Waals surface area contributed by atoms with Gasteiger partial charge in [-0.1, -0.05) is 146 Å². The number of hydrogen-bond acceptors (Lipinski definition) is 5. The van der Waals surface area contributed by atoms with Crippen molar-refractivity contribution in [3.63, 3.8) is 0 Å². The molecule has 238 valence electrons. The van der Waals surface area contributed by atoms with E-state index < -0.39 is 0 Å². The summed E-state index contributed by atoms with van der Waals surface area (Å²) in [6.07, 6.45) is 0. The number of benzene rings is 6. The van der Waals surface area contributed by atoms with Gasteiger partial charge in [-0.3, -0.25) is 0 Å². The fourth-order valence-electron chi connectivity index (χ4n) is 6.24. The van der Waals surface area contributed by atoms with E-state index >= 15 is 0 Å². The van der Waals surface area contributed by atoms with E-state index in [4.69, 9.17) is 24.9 Å². The molecule has 0 N–H and O–H groups in total. The van der Waals surface area contributed by atoms with Gasteiger partial charge in [-0.05, 0) is 48.7 Å². The average molecular weight is 644 g/mol. The molecule has 0 radical (unpaired) electrons. The van der Waals surface area contributed by atoms with Crippen molar-refractivity contribution >= 4 is 0 Å². The number of hydrogen-bond donors (Lipinski definition) is 0. The average Bonchev–Trinajstić information content (AvgIpc) is 3.19. The lowest BCUT2D eigenvalue weighted by molar-refractivity contribution is 1.07. The third kappa shape index (κ3) is 6.20. The Hall–Kier alpha value is -6.59. The van der Waals surface area contributed by atoms with Gasteiger partial charge in [0.1, 0.15) is 0 Å². The van der Waals surface area contributed by atoms with Crippen molar-refractivity contribution in [3.05, 3.63) is 175 Å². The molecule has 0 atom stereocenters. The molecule has 0 saturated heterocycles. The van der Waals surface area contributed by atoms with E-state index in [-0.39, 0.29) is 0 Å². The van der Waals surface area contributed by atoms with Crippen LogP contribution in [0.5, 0.6) is 0 Å². The molecular weight excluding hydrogens is 611 g/mol. The molecule has 0 aliphatic carbocycles. The highest BCUT2D eigenvalue weighted by atomic mass is 15.0. The molecule has 2 aromatic heterocycles. The first kappa shape index (κ1) is 30.7. The molecule has 0 spiro atoms. The Balaban J connectivity index is 1.39. The number of aromatic nitrogens is 5. The maximum Gasteiger partial charge on any atom is 0.164 e. The summed E-state index contributed by atoms with van der Waals surface area (Å²) in [5.74, 6) is 2.43. The second-order valence-corrected chi connectivity index (χ2v) is 12.3. The summed E-state index contributed by atoms with van der Waals surface area (Å²) in [5, 5.41) is 0. The molecule has 8 aromatic rings. The van der Waals surface area contributed by atoms with Crippen molar-refractivity contribution in [2.75, 3.05) is 0 Å². The summed E-state index contributed by atoms with van der Waals surface area (Å²) in [4.78, 5) is 25.6. The molecule has 5 heteroatoms. The van der Waals surface area contributed by atoms with E-state index in [1.165, 1.54) is 0 Å². The van der Waals surface area contributed by atoms with Crippen LogP contribution in [0.1, 0.15) is 11.1 Å². The van der Waals surface area contributed by atoms with Crippen LogP contribution in [0, 0.1) is 13.8 Å². The Morgan fingerprint density at radius 1 is 0.300 bits per heavy atom. The van der Waals surface area contributed by atoms with Crippen LogP contribution in [0.25, 0.3) is 79.2 Å². The smallest absolute Gasteiger partial charge is 0.164 e. The van der Waals surface area contributed by atoms with Crippen LogP contribution in [-0.2, 0) is 0 Å². The Kier molecular flexibility index (Phi) is 8.29. The van der Waals surface area contributed by atoms with Crippen molar-refractivity contribution in [2.24, 2.45) is 0 Å². The lowest BCUT2D eigenvalue weighted by Crippen LogP contribution is -2.02. The Morgan fingerprint density at radius 2 is 0.680 bits per heavy atom. The topological polar surface area (TPSA) is 64.5 Å². The fraction of sp³-hybridized carbons (Fsp3) is 0.0444. The van der Waals surface area contributed by atoms with Crippen LogP contribution in [0.2, 0.25) is 0 Å². The van der Waals surface area contributed by atoms with Gasteiger partial charge in [-0.15, -0.1) is 0 Å². The monoisotopic (exact) mass is 643 g/mol. The van der Waals surface area contributed by atoms with Gasteiger partial charge in [-0.2, -0.15) is 0 Å². The van der Waals surface area contributed by atoms with Gasteiger partial charge in [0.15, 0.2) is 23.3 Å². The molecule has 0 bridgehead atoms. The normalized spacial score (nSPS) is 11.0. The molecule has 5 nitrogen and oxygen atoms in total. The van der Waals surface area contributed by atoms with Crippen LogP contribution < -0.4 is 0 Å². The quantitative estimate of drug-likeness (QED) is 0.173. The van der Waals surface area contributed by atoms with Crippen LogP contribution in [0.3, 0.4) is 0 Å². The minimum Gasteiger partial charge on any atom is -0.228 e. The zero-order valence-electron chi connectivity index (χ0n) is 27.8. The van der Waals surface area contributed by atoms with Gasteiger partial charge in [-0.25, -0.2) is 24.9 Å². The molecule has 0 fully saturated rings. The maximum absolute atomic E-state index is 5.30. The molecular formula is C45H33N5. The number of nitrogens with zero attached hydrogens (tertiary/aromatic N) is 5. The van der Waals surface area contributed by atoms with E-state index in [1.807, 2.05) is 84.9 Å². The third-order valence-corrected chi connectivity index (χ3v) is 8.85. The second-order valence-electron chi connectivity index (χ2n) is 12.3. The van der Waals surface area contributed by atoms with Crippen LogP contribution in [0.4, 0.5) is 0 Å². The first-order chi connectivity index (χ1) is 24.6. The van der Waals surface area contributed by atoms with Crippen LogP contribution in [0.15, 0.2) is 164 Å². The van der Waals surface area contributed by atoms with Gasteiger partial charge in [0.2, 0.25) is 0 Å². The van der Waals surface area contributed by atoms with Crippen molar-refractivity contribution in [1.29, 1.82) is 0 Å². The van der Waals surface area contributed by atoms with Gasteiger partial charge < -0.3 is 0 Å². The SMILES string of the molecule is Cc1ccccc1-c1nc(-c2cc(-c3ccccc3)cc(-c3nc(-c4ccccc4)nc(-c4ccccc4)n3)c2)nc(-c2ccccc2)c1C. The molecule has 0 aliphatic heterocycles. The van der Waals surface area contributed by atoms with Crippen LogP contribution >= 0.6 is 0 Å². The van der Waals surface area contributed by atoms with Gasteiger partial charge in [0.25, 0.3) is 0 Å². The standard InChI is InChI=1S/C45H33N5/c1-30-17-15-16-26-39(30)41-31(2)40(33-20-9-4-10-21-33)46-44(47-41)37-27-36(32-18-7-3-8-19-32)28-38(29-37)45-49-42(34-22-11-5-12-23-34)48-43(50-45)35-24-13-6-14-25-35/h3-29H,1-2H3. The van der Waals surface area contributed by atoms with E-state index in [9.17, 15) is 0 Å². The summed E-state index contributed by atoms with van der Waals surface area (Å²) in [7, 11) is 0. The van der Waals surface area contributed by atoms with Gasteiger partial charge >= 0.3 is 0 Å². The molecule has 0 aliphatic rings. The van der Waals surface area contributed by atoms with Crippen molar-refractivity contribution in [3.8, 4) is 79.2 Å². The lowest BCUT2D eigenvalue weighted by atomic mass is 9.96. The van der Waals surface area contributed by atoms with Gasteiger partial charge in [0.05, 0.1) is 11.4 Å². The number of aryl methyl sites for hydroxylation is 1. The first-order valence-electron chi connectivity index (χ1n) is 16.7. The Labute approximate surface area is 292 Å². The highest BCUT2D eigenvalue weighted by Gasteiger charge is 2.19. The molecule has 0 saturated carbocycles. The van der Waals surface area contributed by atoms with E-state index in [0.717, 1.165) is 67.0 Å². The van der Waals surface area contributed by atoms with Crippen LogP contribution in [-0.4, -0.2) is 24.9 Å². The van der Waals surface area contributed by atoms with Crippen molar-refractivity contribution < 1.29 is 0 Å².